The van der Waals surface area contributed by atoms with E-state index in [1.54, 1.807) is 6.92 Å². The normalized spacial score (nSPS) is 28.2. The highest BCUT2D eigenvalue weighted by Crippen LogP contribution is 2.31. The van der Waals surface area contributed by atoms with Crippen molar-refractivity contribution < 1.29 is 9.59 Å². The maximum atomic E-state index is 12.1. The second-order valence-electron chi connectivity index (χ2n) is 5.06. The molecule has 0 saturated heterocycles. The van der Waals surface area contributed by atoms with Crippen molar-refractivity contribution in [3.05, 3.63) is 0 Å². The van der Waals surface area contributed by atoms with Crippen molar-refractivity contribution in [2.75, 3.05) is 0 Å². The largest absolute Gasteiger partial charge is 0.347 e. The zero-order valence-corrected chi connectivity index (χ0v) is 10.8. The van der Waals surface area contributed by atoms with Crippen molar-refractivity contribution >= 4 is 12.2 Å². The molecule has 98 valence electrons. The lowest BCUT2D eigenvalue weighted by molar-refractivity contribution is -0.129. The number of carbonyl (C=O) groups is 2. The van der Waals surface area contributed by atoms with Crippen LogP contribution in [-0.4, -0.2) is 24.3 Å². The van der Waals surface area contributed by atoms with Crippen molar-refractivity contribution in [2.45, 2.75) is 58.0 Å². The Morgan fingerprint density at radius 2 is 2.12 bits per heavy atom. The molecule has 0 radical (unpaired) electrons. The van der Waals surface area contributed by atoms with Crippen molar-refractivity contribution in [2.24, 2.45) is 17.6 Å². The minimum atomic E-state index is -0.406. The highest BCUT2D eigenvalue weighted by molar-refractivity contribution is 5.81. The predicted octanol–water partition coefficient (Wildman–Crippen LogP) is 1.23. The number of amides is 1. The molecule has 0 aromatic heterocycles. The van der Waals surface area contributed by atoms with Gasteiger partial charge in [-0.05, 0) is 32.1 Å². The first-order chi connectivity index (χ1) is 8.10. The molecule has 17 heavy (non-hydrogen) atoms. The number of rotatable bonds is 5. The monoisotopic (exact) mass is 240 g/mol. The van der Waals surface area contributed by atoms with Crippen molar-refractivity contribution in [3.8, 4) is 0 Å². The quantitative estimate of drug-likeness (QED) is 0.710. The second-order valence-corrected chi connectivity index (χ2v) is 5.06. The van der Waals surface area contributed by atoms with Gasteiger partial charge in [-0.15, -0.1) is 0 Å². The van der Waals surface area contributed by atoms with E-state index in [1.165, 1.54) is 6.42 Å². The Kier molecular flexibility index (Phi) is 5.62. The molecule has 4 atom stereocenters. The lowest BCUT2D eigenvalue weighted by Crippen LogP contribution is -2.46. The molecular weight excluding hydrogens is 216 g/mol. The van der Waals surface area contributed by atoms with Crippen molar-refractivity contribution in [1.82, 2.24) is 5.32 Å². The molecule has 4 nitrogen and oxygen atoms in total. The summed E-state index contributed by atoms with van der Waals surface area (Å²) in [5, 5.41) is 2.74. The van der Waals surface area contributed by atoms with Gasteiger partial charge in [0, 0.05) is 12.0 Å². The molecule has 0 spiro atoms. The molecule has 1 fully saturated rings. The molecule has 0 aromatic rings. The van der Waals surface area contributed by atoms with Crippen molar-refractivity contribution in [1.29, 1.82) is 0 Å². The molecule has 0 bridgehead atoms. The average Bonchev–Trinajstić information content (AvgIpc) is 2.32. The maximum absolute atomic E-state index is 12.1. The van der Waals surface area contributed by atoms with Gasteiger partial charge in [0.2, 0.25) is 5.91 Å². The Hall–Kier alpha value is -0.900. The van der Waals surface area contributed by atoms with E-state index in [0.29, 0.717) is 0 Å². The lowest BCUT2D eigenvalue weighted by Gasteiger charge is -2.34. The van der Waals surface area contributed by atoms with Crippen LogP contribution in [-0.2, 0) is 9.59 Å². The van der Waals surface area contributed by atoms with Crippen LogP contribution in [0.1, 0.15) is 46.0 Å². The van der Waals surface area contributed by atoms with Gasteiger partial charge in [-0.25, -0.2) is 0 Å². The van der Waals surface area contributed by atoms with Gasteiger partial charge < -0.3 is 15.8 Å². The van der Waals surface area contributed by atoms with E-state index in [0.717, 1.165) is 32.0 Å². The van der Waals surface area contributed by atoms with Crippen LogP contribution in [0, 0.1) is 11.8 Å². The van der Waals surface area contributed by atoms with E-state index in [1.807, 2.05) is 6.92 Å². The van der Waals surface area contributed by atoms with E-state index < -0.39 is 6.04 Å². The predicted molar refractivity (Wildman–Crippen MR) is 67.4 cm³/mol. The summed E-state index contributed by atoms with van der Waals surface area (Å²) in [5.41, 5.74) is 6.11. The zero-order chi connectivity index (χ0) is 12.8. The van der Waals surface area contributed by atoms with Gasteiger partial charge in [-0.1, -0.05) is 19.8 Å². The van der Waals surface area contributed by atoms with Gasteiger partial charge >= 0.3 is 0 Å². The number of hydrogen-bond donors (Lipinski definition) is 2. The van der Waals surface area contributed by atoms with Gasteiger partial charge in [0.05, 0.1) is 6.04 Å². The number of nitrogens with one attached hydrogen (secondary N) is 1. The van der Waals surface area contributed by atoms with Crippen LogP contribution in [0.2, 0.25) is 0 Å². The molecule has 1 amide bonds. The number of carbonyl (C=O) groups excluding carboxylic acids is 2. The summed E-state index contributed by atoms with van der Waals surface area (Å²) in [4.78, 5) is 22.6. The van der Waals surface area contributed by atoms with Gasteiger partial charge in [0.1, 0.15) is 6.29 Å². The van der Waals surface area contributed by atoms with Gasteiger partial charge in [0.25, 0.3) is 0 Å². The average molecular weight is 240 g/mol. The van der Waals surface area contributed by atoms with Crippen LogP contribution in [0.25, 0.3) is 0 Å². The van der Waals surface area contributed by atoms with Gasteiger partial charge in [0.15, 0.2) is 0 Å². The third-order valence-electron chi connectivity index (χ3n) is 3.74. The standard InChI is InChI=1S/C13H24N2O2/c1-3-10(13(17)15-9(2)8-16)11-6-4-5-7-12(11)14/h8-12H,3-7,14H2,1-2H3,(H,15,17)/t9-,10-,11-,12-/m1/s1. The highest BCUT2D eigenvalue weighted by atomic mass is 16.2. The summed E-state index contributed by atoms with van der Waals surface area (Å²) in [5.74, 6) is 0.203. The molecular formula is C13H24N2O2. The van der Waals surface area contributed by atoms with Crippen LogP contribution >= 0.6 is 0 Å². The minimum Gasteiger partial charge on any atom is -0.347 e. The minimum absolute atomic E-state index is 0.0190. The third kappa shape index (κ3) is 3.80. The van der Waals surface area contributed by atoms with E-state index >= 15 is 0 Å². The van der Waals surface area contributed by atoms with Crippen LogP contribution in [0.5, 0.6) is 0 Å². The summed E-state index contributed by atoms with van der Waals surface area (Å²) >= 11 is 0. The summed E-state index contributed by atoms with van der Waals surface area (Å²) in [6.45, 7) is 3.70. The zero-order valence-electron chi connectivity index (χ0n) is 10.8. The van der Waals surface area contributed by atoms with Crippen LogP contribution in [0.15, 0.2) is 0 Å². The van der Waals surface area contributed by atoms with E-state index in [-0.39, 0.29) is 23.8 Å². The van der Waals surface area contributed by atoms with Crippen LogP contribution in [0.3, 0.4) is 0 Å². The first kappa shape index (κ1) is 14.2. The molecule has 0 heterocycles. The topological polar surface area (TPSA) is 72.2 Å². The number of hydrogen-bond acceptors (Lipinski definition) is 3. The Labute approximate surface area is 103 Å². The molecule has 1 aliphatic carbocycles. The fourth-order valence-electron chi connectivity index (χ4n) is 2.74. The summed E-state index contributed by atoms with van der Waals surface area (Å²) in [6, 6.07) is -0.276. The second kappa shape index (κ2) is 6.74. The van der Waals surface area contributed by atoms with Gasteiger partial charge in [-0.3, -0.25) is 4.79 Å². The van der Waals surface area contributed by atoms with E-state index in [9.17, 15) is 9.59 Å². The molecule has 4 heteroatoms. The summed E-state index contributed by atoms with van der Waals surface area (Å²) in [7, 11) is 0. The first-order valence-electron chi connectivity index (χ1n) is 6.61. The molecule has 0 aliphatic heterocycles. The third-order valence-corrected chi connectivity index (χ3v) is 3.74. The summed E-state index contributed by atoms with van der Waals surface area (Å²) < 4.78 is 0. The lowest BCUT2D eigenvalue weighted by atomic mass is 9.75. The van der Waals surface area contributed by atoms with Crippen LogP contribution in [0.4, 0.5) is 0 Å². The van der Waals surface area contributed by atoms with E-state index in [2.05, 4.69) is 5.32 Å². The molecule has 3 N–H and O–H groups in total. The fraction of sp³-hybridized carbons (Fsp3) is 0.846. The first-order valence-corrected chi connectivity index (χ1v) is 6.61. The molecule has 0 unspecified atom stereocenters. The number of aldehydes is 1. The Morgan fingerprint density at radius 1 is 1.47 bits per heavy atom. The highest BCUT2D eigenvalue weighted by Gasteiger charge is 2.33. The smallest absolute Gasteiger partial charge is 0.223 e. The molecule has 1 rings (SSSR count). The Balaban J connectivity index is 2.62. The van der Waals surface area contributed by atoms with Gasteiger partial charge in [-0.2, -0.15) is 0 Å². The summed E-state index contributed by atoms with van der Waals surface area (Å²) in [6.07, 6.45) is 5.91. The van der Waals surface area contributed by atoms with Crippen molar-refractivity contribution in [3.63, 3.8) is 0 Å². The fourth-order valence-corrected chi connectivity index (χ4v) is 2.74. The molecule has 1 aliphatic rings. The number of nitrogens with two attached hydrogens (primary N) is 1. The Morgan fingerprint density at radius 3 is 2.65 bits per heavy atom. The SMILES string of the molecule is CC[C@@H](C(=O)N[C@H](C)C=O)[C@H]1CCCC[C@H]1N. The van der Waals surface area contributed by atoms with E-state index in [4.69, 9.17) is 5.73 Å². The molecule has 1 saturated carbocycles. The molecule has 0 aromatic carbocycles. The maximum Gasteiger partial charge on any atom is 0.223 e. The van der Waals surface area contributed by atoms with Crippen LogP contribution < -0.4 is 11.1 Å². The Bertz CT molecular complexity index is 268.